The normalized spacial score (nSPS) is 15.3. The Morgan fingerprint density at radius 2 is 2.06 bits per heavy atom. The topological polar surface area (TPSA) is 70.6 Å². The molecule has 18 heavy (non-hydrogen) atoms. The molecule has 2 unspecified atom stereocenters. The van der Waals surface area contributed by atoms with Gasteiger partial charge in [0.2, 0.25) is 0 Å². The fourth-order valence-corrected chi connectivity index (χ4v) is 1.90. The smallest absolute Gasteiger partial charge is 0.140 e. The molecule has 4 heteroatoms. The standard InChI is InChI=1S/C14H23N3O/c1-3-13(9-14(15)17-18)16-10-11(2)12-7-5-4-6-8-12/h4-8,11,13,16,18H,3,9-10H2,1-2H3,(H2,15,17). The van der Waals surface area contributed by atoms with Gasteiger partial charge in [-0.1, -0.05) is 49.3 Å². The number of nitrogens with one attached hydrogen (secondary N) is 1. The number of benzene rings is 1. The zero-order valence-corrected chi connectivity index (χ0v) is 11.1. The van der Waals surface area contributed by atoms with E-state index in [9.17, 15) is 0 Å². The summed E-state index contributed by atoms with van der Waals surface area (Å²) in [5.74, 6) is 0.731. The van der Waals surface area contributed by atoms with Crippen molar-refractivity contribution in [1.82, 2.24) is 5.32 Å². The van der Waals surface area contributed by atoms with Gasteiger partial charge in [-0.15, -0.1) is 0 Å². The molecule has 100 valence electrons. The molecule has 0 spiro atoms. The summed E-state index contributed by atoms with van der Waals surface area (Å²) >= 11 is 0. The first-order chi connectivity index (χ1) is 8.67. The van der Waals surface area contributed by atoms with Crippen LogP contribution in [0.5, 0.6) is 0 Å². The maximum atomic E-state index is 8.57. The highest BCUT2D eigenvalue weighted by atomic mass is 16.4. The third kappa shape index (κ3) is 4.75. The van der Waals surface area contributed by atoms with Gasteiger partial charge in [0.15, 0.2) is 0 Å². The van der Waals surface area contributed by atoms with E-state index in [4.69, 9.17) is 10.9 Å². The Hall–Kier alpha value is -1.55. The molecule has 1 aromatic rings. The van der Waals surface area contributed by atoms with Gasteiger partial charge in [0.05, 0.1) is 0 Å². The van der Waals surface area contributed by atoms with Crippen molar-refractivity contribution in [2.75, 3.05) is 6.54 Å². The molecule has 0 aliphatic carbocycles. The Kier molecular flexibility index (Phi) is 6.22. The van der Waals surface area contributed by atoms with Crippen LogP contribution in [-0.4, -0.2) is 23.6 Å². The lowest BCUT2D eigenvalue weighted by atomic mass is 10.0. The molecule has 0 aromatic heterocycles. The molecular weight excluding hydrogens is 226 g/mol. The summed E-state index contributed by atoms with van der Waals surface area (Å²) in [5.41, 5.74) is 6.85. The van der Waals surface area contributed by atoms with Crippen molar-refractivity contribution in [2.45, 2.75) is 38.6 Å². The second-order valence-corrected chi connectivity index (χ2v) is 4.62. The minimum atomic E-state index is 0.257. The second-order valence-electron chi connectivity index (χ2n) is 4.62. The van der Waals surface area contributed by atoms with E-state index in [1.807, 2.05) is 6.07 Å². The Bertz CT molecular complexity index is 365. The van der Waals surface area contributed by atoms with Crippen molar-refractivity contribution in [3.05, 3.63) is 35.9 Å². The summed E-state index contributed by atoms with van der Waals surface area (Å²) in [6, 6.07) is 10.7. The van der Waals surface area contributed by atoms with Crippen molar-refractivity contribution in [3.63, 3.8) is 0 Å². The van der Waals surface area contributed by atoms with Gasteiger partial charge < -0.3 is 16.3 Å². The summed E-state index contributed by atoms with van der Waals surface area (Å²) in [4.78, 5) is 0. The van der Waals surface area contributed by atoms with Gasteiger partial charge in [-0.3, -0.25) is 0 Å². The summed E-state index contributed by atoms with van der Waals surface area (Å²) in [6.45, 7) is 5.18. The quantitative estimate of drug-likeness (QED) is 0.300. The van der Waals surface area contributed by atoms with Gasteiger partial charge in [0.1, 0.15) is 5.84 Å². The number of nitrogens with zero attached hydrogens (tertiary/aromatic N) is 1. The first-order valence-electron chi connectivity index (χ1n) is 6.42. The average Bonchev–Trinajstić information content (AvgIpc) is 2.43. The van der Waals surface area contributed by atoms with Crippen LogP contribution in [0, 0.1) is 0 Å². The lowest BCUT2D eigenvalue weighted by molar-refractivity contribution is 0.315. The van der Waals surface area contributed by atoms with E-state index in [0.29, 0.717) is 12.3 Å². The molecule has 0 heterocycles. The number of nitrogens with two attached hydrogens (primary N) is 1. The molecule has 0 aliphatic rings. The number of hydrogen-bond donors (Lipinski definition) is 3. The number of amidine groups is 1. The zero-order valence-electron chi connectivity index (χ0n) is 11.1. The zero-order chi connectivity index (χ0) is 13.4. The maximum absolute atomic E-state index is 8.57. The Morgan fingerprint density at radius 3 is 2.61 bits per heavy atom. The molecule has 0 radical (unpaired) electrons. The number of hydrogen-bond acceptors (Lipinski definition) is 3. The van der Waals surface area contributed by atoms with Crippen LogP contribution in [0.4, 0.5) is 0 Å². The molecule has 0 aliphatic heterocycles. The monoisotopic (exact) mass is 249 g/mol. The molecule has 0 saturated heterocycles. The first-order valence-corrected chi connectivity index (χ1v) is 6.42. The third-order valence-electron chi connectivity index (χ3n) is 3.16. The molecule has 0 amide bonds. The summed E-state index contributed by atoms with van der Waals surface area (Å²) in [6.07, 6.45) is 1.53. The molecule has 1 aromatic carbocycles. The molecule has 2 atom stereocenters. The predicted octanol–water partition coefficient (Wildman–Crippen LogP) is 2.29. The van der Waals surface area contributed by atoms with Gasteiger partial charge in [0.25, 0.3) is 0 Å². The van der Waals surface area contributed by atoms with Crippen LogP contribution >= 0.6 is 0 Å². The van der Waals surface area contributed by atoms with Crippen molar-refractivity contribution in [2.24, 2.45) is 10.9 Å². The minimum Gasteiger partial charge on any atom is -0.409 e. The lowest BCUT2D eigenvalue weighted by Crippen LogP contribution is -2.35. The Morgan fingerprint density at radius 1 is 1.39 bits per heavy atom. The SMILES string of the molecule is CCC(C/C(N)=N/O)NCC(C)c1ccccc1. The average molecular weight is 249 g/mol. The van der Waals surface area contributed by atoms with Gasteiger partial charge in [-0.05, 0) is 17.9 Å². The molecule has 1 rings (SSSR count). The minimum absolute atomic E-state index is 0.257. The molecule has 4 nitrogen and oxygen atoms in total. The molecule has 0 fully saturated rings. The van der Waals surface area contributed by atoms with Gasteiger partial charge in [0, 0.05) is 19.0 Å². The highest BCUT2D eigenvalue weighted by molar-refractivity contribution is 5.80. The highest BCUT2D eigenvalue weighted by Crippen LogP contribution is 2.13. The Labute approximate surface area is 109 Å². The van der Waals surface area contributed by atoms with E-state index >= 15 is 0 Å². The lowest BCUT2D eigenvalue weighted by Gasteiger charge is -2.19. The third-order valence-corrected chi connectivity index (χ3v) is 3.16. The maximum Gasteiger partial charge on any atom is 0.140 e. The Balaban J connectivity index is 2.43. The molecule has 0 saturated carbocycles. The van der Waals surface area contributed by atoms with Gasteiger partial charge in [-0.2, -0.15) is 0 Å². The molecule has 4 N–H and O–H groups in total. The van der Waals surface area contributed by atoms with E-state index in [0.717, 1.165) is 13.0 Å². The molecular formula is C14H23N3O. The van der Waals surface area contributed by atoms with Crippen LogP contribution in [-0.2, 0) is 0 Å². The van der Waals surface area contributed by atoms with E-state index in [1.165, 1.54) is 5.56 Å². The fourth-order valence-electron chi connectivity index (χ4n) is 1.90. The van der Waals surface area contributed by atoms with Crippen LogP contribution in [0.2, 0.25) is 0 Å². The highest BCUT2D eigenvalue weighted by Gasteiger charge is 2.11. The fraction of sp³-hybridized carbons (Fsp3) is 0.500. The predicted molar refractivity (Wildman–Crippen MR) is 75.0 cm³/mol. The van der Waals surface area contributed by atoms with Crippen LogP contribution in [0.1, 0.15) is 38.2 Å². The van der Waals surface area contributed by atoms with Crippen molar-refractivity contribution in [3.8, 4) is 0 Å². The second kappa shape index (κ2) is 7.71. The van der Waals surface area contributed by atoms with Crippen LogP contribution < -0.4 is 11.1 Å². The van der Waals surface area contributed by atoms with Crippen molar-refractivity contribution >= 4 is 5.84 Å². The van der Waals surface area contributed by atoms with Crippen LogP contribution in [0.3, 0.4) is 0 Å². The summed E-state index contributed by atoms with van der Waals surface area (Å²) in [7, 11) is 0. The van der Waals surface area contributed by atoms with Crippen molar-refractivity contribution in [1.29, 1.82) is 0 Å². The van der Waals surface area contributed by atoms with E-state index in [1.54, 1.807) is 0 Å². The summed E-state index contributed by atoms with van der Waals surface area (Å²) < 4.78 is 0. The number of oxime groups is 1. The van der Waals surface area contributed by atoms with E-state index in [-0.39, 0.29) is 11.9 Å². The summed E-state index contributed by atoms with van der Waals surface area (Å²) in [5, 5.41) is 15.0. The van der Waals surface area contributed by atoms with E-state index < -0.39 is 0 Å². The van der Waals surface area contributed by atoms with Crippen molar-refractivity contribution < 1.29 is 5.21 Å². The van der Waals surface area contributed by atoms with E-state index in [2.05, 4.69) is 48.6 Å². The molecule has 0 bridgehead atoms. The van der Waals surface area contributed by atoms with Gasteiger partial charge >= 0.3 is 0 Å². The van der Waals surface area contributed by atoms with Gasteiger partial charge in [-0.25, -0.2) is 0 Å². The first kappa shape index (κ1) is 14.5. The largest absolute Gasteiger partial charge is 0.409 e. The van der Waals surface area contributed by atoms with Crippen LogP contribution in [0.15, 0.2) is 35.5 Å². The number of rotatable bonds is 7. The van der Waals surface area contributed by atoms with Crippen LogP contribution in [0.25, 0.3) is 0 Å².